The summed E-state index contributed by atoms with van der Waals surface area (Å²) in [5.74, 6) is 1.92. The van der Waals surface area contributed by atoms with E-state index in [1.807, 2.05) is 54.4 Å². The fourth-order valence-electron chi connectivity index (χ4n) is 2.48. The van der Waals surface area contributed by atoms with Crippen LogP contribution in [0.4, 0.5) is 4.79 Å². The van der Waals surface area contributed by atoms with Gasteiger partial charge in [0.25, 0.3) is 0 Å². The monoisotopic (exact) mass is 339 g/mol. The molecule has 2 saturated heterocycles. The van der Waals surface area contributed by atoms with Crippen molar-refractivity contribution in [1.82, 2.24) is 4.90 Å². The van der Waals surface area contributed by atoms with Crippen LogP contribution in [0, 0.1) is 0 Å². The van der Waals surface area contributed by atoms with Crippen molar-refractivity contribution >= 4 is 13.2 Å². The fraction of sp³-hybridized carbons (Fsp3) is 0.824. The zero-order valence-corrected chi connectivity index (χ0v) is 16.0. The third-order valence-electron chi connectivity index (χ3n) is 4.48. The van der Waals surface area contributed by atoms with E-state index in [4.69, 9.17) is 18.8 Å². The molecule has 1 amide bonds. The highest BCUT2D eigenvalue weighted by atomic mass is 16.7. The van der Waals surface area contributed by atoms with Gasteiger partial charge in [-0.15, -0.1) is 0 Å². The highest BCUT2D eigenvalue weighted by molar-refractivity contribution is 6.51. The first-order chi connectivity index (χ1) is 10.9. The zero-order chi connectivity index (χ0) is 18.2. The minimum absolute atomic E-state index is 0.326. The number of nitrogens with zero attached hydrogens (tertiary/aromatic N) is 1. The van der Waals surface area contributed by atoms with Crippen LogP contribution in [0.1, 0.15) is 48.5 Å². The van der Waals surface area contributed by atoms with E-state index in [0.29, 0.717) is 26.3 Å². The van der Waals surface area contributed by atoms with Crippen molar-refractivity contribution in [3.63, 3.8) is 0 Å². The summed E-state index contributed by atoms with van der Waals surface area (Å²) in [7, 11) is -0.438. The molecule has 0 bridgehead atoms. The van der Waals surface area contributed by atoms with Crippen LogP contribution in [0.2, 0.25) is 0 Å². The lowest BCUT2D eigenvalue weighted by molar-refractivity contribution is 0.00578. The second-order valence-electron chi connectivity index (χ2n) is 8.40. The van der Waals surface area contributed by atoms with Crippen molar-refractivity contribution in [3.05, 3.63) is 11.5 Å². The Kier molecular flexibility index (Phi) is 5.38. The standard InChI is InChI=1S/C17H30BNO5/c1-15(2,3)22-14(20)19-8-9-21-12-13(11-19)10-18-23-16(4,5)17(6,7)24-18/h10H,8-9,11-12H2,1-7H3/b13-10-. The van der Waals surface area contributed by atoms with E-state index >= 15 is 0 Å². The molecule has 0 atom stereocenters. The second kappa shape index (κ2) is 6.69. The van der Waals surface area contributed by atoms with Gasteiger partial charge in [-0.3, -0.25) is 0 Å². The largest absolute Gasteiger partial charge is 0.487 e. The summed E-state index contributed by atoms with van der Waals surface area (Å²) in [4.78, 5) is 14.0. The maximum absolute atomic E-state index is 12.3. The molecule has 7 heteroatoms. The predicted molar refractivity (Wildman–Crippen MR) is 92.8 cm³/mol. The van der Waals surface area contributed by atoms with E-state index in [1.165, 1.54) is 0 Å². The third-order valence-corrected chi connectivity index (χ3v) is 4.48. The minimum atomic E-state index is -0.514. The molecule has 6 nitrogen and oxygen atoms in total. The summed E-state index contributed by atoms with van der Waals surface area (Å²) < 4.78 is 23.1. The van der Waals surface area contributed by atoms with Crippen LogP contribution in [0.3, 0.4) is 0 Å². The molecule has 0 aromatic rings. The van der Waals surface area contributed by atoms with E-state index in [0.717, 1.165) is 5.57 Å². The molecule has 0 aromatic carbocycles. The van der Waals surface area contributed by atoms with Crippen molar-refractivity contribution in [2.24, 2.45) is 0 Å². The number of carbonyl (C=O) groups excluding carboxylic acids is 1. The molecular weight excluding hydrogens is 309 g/mol. The smallest absolute Gasteiger partial charge is 0.444 e. The first-order valence-corrected chi connectivity index (χ1v) is 8.50. The number of amides is 1. The highest BCUT2D eigenvalue weighted by Gasteiger charge is 2.50. The van der Waals surface area contributed by atoms with Crippen molar-refractivity contribution < 1.29 is 23.6 Å². The number of hydrogen-bond acceptors (Lipinski definition) is 5. The van der Waals surface area contributed by atoms with E-state index in [-0.39, 0.29) is 17.3 Å². The van der Waals surface area contributed by atoms with E-state index < -0.39 is 12.7 Å². The summed E-state index contributed by atoms with van der Waals surface area (Å²) >= 11 is 0. The summed E-state index contributed by atoms with van der Waals surface area (Å²) in [5, 5.41) is 0. The van der Waals surface area contributed by atoms with Gasteiger partial charge in [0.15, 0.2) is 0 Å². The first kappa shape index (κ1) is 19.3. The predicted octanol–water partition coefficient (Wildman–Crippen LogP) is 2.81. The maximum Gasteiger partial charge on any atom is 0.487 e. The van der Waals surface area contributed by atoms with Crippen LogP contribution in [-0.4, -0.2) is 61.2 Å². The second-order valence-corrected chi connectivity index (χ2v) is 8.40. The first-order valence-electron chi connectivity index (χ1n) is 8.50. The van der Waals surface area contributed by atoms with Gasteiger partial charge in [-0.05, 0) is 54.0 Å². The number of rotatable bonds is 1. The Morgan fingerprint density at radius 2 is 1.79 bits per heavy atom. The van der Waals surface area contributed by atoms with Crippen molar-refractivity contribution in [3.8, 4) is 0 Å². The van der Waals surface area contributed by atoms with Crippen LogP contribution < -0.4 is 0 Å². The van der Waals surface area contributed by atoms with Gasteiger partial charge in [-0.2, -0.15) is 0 Å². The Hall–Kier alpha value is -1.05. The molecule has 2 aliphatic heterocycles. The number of ether oxygens (including phenoxy) is 2. The van der Waals surface area contributed by atoms with E-state index in [1.54, 1.807) is 4.90 Å². The molecule has 2 rings (SSSR count). The summed E-state index contributed by atoms with van der Waals surface area (Å²) in [5.41, 5.74) is -0.326. The summed E-state index contributed by atoms with van der Waals surface area (Å²) in [6.45, 7) is 15.6. The van der Waals surface area contributed by atoms with Crippen molar-refractivity contribution in [2.45, 2.75) is 65.3 Å². The molecular formula is C17H30BNO5. The van der Waals surface area contributed by atoms with Crippen LogP contribution in [0.15, 0.2) is 11.5 Å². The SMILES string of the molecule is CC(C)(C)OC(=O)N1CCOC/C(=C\B2OC(C)(C)C(C)(C)O2)C1. The van der Waals surface area contributed by atoms with Crippen molar-refractivity contribution in [2.75, 3.05) is 26.3 Å². The van der Waals surface area contributed by atoms with Gasteiger partial charge in [0.2, 0.25) is 0 Å². The maximum atomic E-state index is 12.3. The van der Waals surface area contributed by atoms with Crippen LogP contribution in [0.25, 0.3) is 0 Å². The van der Waals surface area contributed by atoms with Gasteiger partial charge in [-0.25, -0.2) is 4.79 Å². The average molecular weight is 339 g/mol. The zero-order valence-electron chi connectivity index (χ0n) is 16.0. The molecule has 136 valence electrons. The van der Waals surface area contributed by atoms with Crippen LogP contribution >= 0.6 is 0 Å². The lowest BCUT2D eigenvalue weighted by Gasteiger charge is -2.32. The van der Waals surface area contributed by atoms with Gasteiger partial charge in [0.1, 0.15) is 5.60 Å². The Bertz CT molecular complexity index is 494. The Labute approximate surface area is 145 Å². The minimum Gasteiger partial charge on any atom is -0.444 e. The molecule has 0 aromatic heterocycles. The number of hydrogen-bond donors (Lipinski definition) is 0. The van der Waals surface area contributed by atoms with Crippen LogP contribution in [0.5, 0.6) is 0 Å². The van der Waals surface area contributed by atoms with Gasteiger partial charge >= 0.3 is 13.2 Å². The topological polar surface area (TPSA) is 57.2 Å². The lowest BCUT2D eigenvalue weighted by Crippen LogP contribution is -2.41. The molecule has 0 saturated carbocycles. The quantitative estimate of drug-likeness (QED) is 0.688. The molecule has 0 aliphatic carbocycles. The van der Waals surface area contributed by atoms with Gasteiger partial charge in [0.05, 0.1) is 24.4 Å². The normalized spacial score (nSPS) is 25.7. The van der Waals surface area contributed by atoms with E-state index in [2.05, 4.69) is 0 Å². The van der Waals surface area contributed by atoms with Gasteiger partial charge in [0, 0.05) is 13.1 Å². The van der Waals surface area contributed by atoms with Gasteiger partial charge < -0.3 is 23.7 Å². The third kappa shape index (κ3) is 4.74. The molecule has 0 spiro atoms. The Balaban J connectivity index is 2.06. The fourth-order valence-corrected chi connectivity index (χ4v) is 2.48. The molecule has 2 aliphatic rings. The molecule has 0 unspecified atom stereocenters. The summed E-state index contributed by atoms with van der Waals surface area (Å²) in [6.07, 6.45) is -0.326. The van der Waals surface area contributed by atoms with Gasteiger partial charge in [-0.1, -0.05) is 5.98 Å². The Morgan fingerprint density at radius 3 is 2.33 bits per heavy atom. The molecule has 0 radical (unpaired) electrons. The average Bonchev–Trinajstić information content (AvgIpc) is 2.54. The Morgan fingerprint density at radius 1 is 1.21 bits per heavy atom. The molecule has 0 N–H and O–H groups in total. The van der Waals surface area contributed by atoms with Crippen LogP contribution in [-0.2, 0) is 18.8 Å². The van der Waals surface area contributed by atoms with Crippen molar-refractivity contribution in [1.29, 1.82) is 0 Å². The van der Waals surface area contributed by atoms with E-state index in [9.17, 15) is 4.79 Å². The molecule has 2 heterocycles. The highest BCUT2D eigenvalue weighted by Crippen LogP contribution is 2.37. The molecule has 24 heavy (non-hydrogen) atoms. The summed E-state index contributed by atoms with van der Waals surface area (Å²) in [6, 6.07) is 0. The lowest BCUT2D eigenvalue weighted by atomic mass is 9.87. The number of carbonyl (C=O) groups is 1. The molecule has 2 fully saturated rings.